The maximum absolute atomic E-state index is 14.9. The van der Waals surface area contributed by atoms with E-state index in [1.54, 1.807) is 29.6 Å². The highest BCUT2D eigenvalue weighted by Gasteiger charge is 2.28. The normalized spacial score (nSPS) is 11.7. The van der Waals surface area contributed by atoms with E-state index in [2.05, 4.69) is 4.98 Å². The molecule has 4 rings (SSSR count). The van der Waals surface area contributed by atoms with Crippen molar-refractivity contribution in [3.63, 3.8) is 0 Å². The number of nitrogens with zero attached hydrogens (tertiary/aromatic N) is 2. The summed E-state index contributed by atoms with van der Waals surface area (Å²) in [6, 6.07) is 20.1. The number of halogens is 2. The van der Waals surface area contributed by atoms with Crippen LogP contribution in [0.5, 0.6) is 0 Å². The highest BCUT2D eigenvalue weighted by atomic mass is 32.1. The van der Waals surface area contributed by atoms with E-state index in [0.29, 0.717) is 11.1 Å². The molecule has 35 heavy (non-hydrogen) atoms. The SMILES string of the molecule is CN(C(=O)C(CC(=O)O)Cc1ccccc1)c1nc(-c2c(F)cc(F)cc2-c2ccccc2)cs1. The second-order valence-electron chi connectivity index (χ2n) is 8.07. The van der Waals surface area contributed by atoms with E-state index >= 15 is 0 Å². The molecule has 1 atom stereocenters. The lowest BCUT2D eigenvalue weighted by Crippen LogP contribution is -2.35. The van der Waals surface area contributed by atoms with Gasteiger partial charge in [0.25, 0.3) is 0 Å². The lowest BCUT2D eigenvalue weighted by Gasteiger charge is -2.21. The van der Waals surface area contributed by atoms with Crippen molar-refractivity contribution in [2.75, 3.05) is 11.9 Å². The van der Waals surface area contributed by atoms with Crippen LogP contribution in [-0.4, -0.2) is 29.0 Å². The Hall–Kier alpha value is -3.91. The molecule has 0 radical (unpaired) electrons. The fourth-order valence-electron chi connectivity index (χ4n) is 3.94. The molecule has 5 nitrogen and oxygen atoms in total. The molecule has 1 N–H and O–H groups in total. The van der Waals surface area contributed by atoms with Crippen molar-refractivity contribution >= 4 is 28.3 Å². The van der Waals surface area contributed by atoms with Crippen molar-refractivity contribution in [1.29, 1.82) is 0 Å². The molecule has 0 aliphatic rings. The Morgan fingerprint density at radius 1 is 1.03 bits per heavy atom. The Morgan fingerprint density at radius 2 is 1.69 bits per heavy atom. The maximum atomic E-state index is 14.9. The molecule has 178 valence electrons. The molecule has 3 aromatic carbocycles. The van der Waals surface area contributed by atoms with Crippen molar-refractivity contribution in [2.45, 2.75) is 12.8 Å². The Bertz CT molecular complexity index is 1340. The number of amides is 1. The zero-order chi connectivity index (χ0) is 24.9. The molecule has 0 saturated carbocycles. The fraction of sp³-hybridized carbons (Fsp3) is 0.148. The highest BCUT2D eigenvalue weighted by molar-refractivity contribution is 7.14. The molecule has 1 aromatic heterocycles. The van der Waals surface area contributed by atoms with Gasteiger partial charge in [-0.25, -0.2) is 13.8 Å². The van der Waals surface area contributed by atoms with Crippen LogP contribution in [0.2, 0.25) is 0 Å². The Morgan fingerprint density at radius 3 is 2.34 bits per heavy atom. The van der Waals surface area contributed by atoms with Crippen LogP contribution in [0.3, 0.4) is 0 Å². The van der Waals surface area contributed by atoms with Crippen LogP contribution in [0.25, 0.3) is 22.4 Å². The van der Waals surface area contributed by atoms with Gasteiger partial charge in [0.15, 0.2) is 5.13 Å². The topological polar surface area (TPSA) is 70.5 Å². The van der Waals surface area contributed by atoms with Crippen molar-refractivity contribution in [3.05, 3.63) is 95.4 Å². The molecule has 1 heterocycles. The number of carbonyl (C=O) groups excluding carboxylic acids is 1. The minimum atomic E-state index is -1.08. The van der Waals surface area contributed by atoms with E-state index < -0.39 is 29.4 Å². The summed E-state index contributed by atoms with van der Waals surface area (Å²) in [7, 11) is 1.52. The number of aliphatic carboxylic acids is 1. The number of hydrogen-bond acceptors (Lipinski definition) is 4. The van der Waals surface area contributed by atoms with Gasteiger partial charge in [0.05, 0.1) is 18.0 Å². The summed E-state index contributed by atoms with van der Waals surface area (Å²) in [6.45, 7) is 0. The molecule has 8 heteroatoms. The van der Waals surface area contributed by atoms with Gasteiger partial charge in [-0.1, -0.05) is 60.7 Å². The third-order valence-corrected chi connectivity index (χ3v) is 6.52. The molecule has 0 aliphatic heterocycles. The minimum absolute atomic E-state index is 0.132. The standard InChI is InChI=1S/C27H22F2N2O3S/c1-31(26(34)19(13-24(32)33)12-17-8-4-2-5-9-17)27-30-23(16-35-27)25-21(14-20(28)15-22(25)29)18-10-6-3-7-11-18/h2-11,14-16,19H,12-13H2,1H3,(H,32,33). The van der Waals surface area contributed by atoms with E-state index in [1.807, 2.05) is 36.4 Å². The van der Waals surface area contributed by atoms with Crippen LogP contribution in [-0.2, 0) is 16.0 Å². The quantitative estimate of drug-likeness (QED) is 0.325. The van der Waals surface area contributed by atoms with Crippen LogP contribution in [0.4, 0.5) is 13.9 Å². The van der Waals surface area contributed by atoms with Crippen LogP contribution in [0.1, 0.15) is 12.0 Å². The van der Waals surface area contributed by atoms with Crippen LogP contribution >= 0.6 is 11.3 Å². The van der Waals surface area contributed by atoms with Crippen molar-refractivity contribution in [1.82, 2.24) is 4.98 Å². The molecule has 4 aromatic rings. The van der Waals surface area contributed by atoms with E-state index in [9.17, 15) is 23.5 Å². The first-order valence-corrected chi connectivity index (χ1v) is 11.7. The van der Waals surface area contributed by atoms with Gasteiger partial charge in [-0.3, -0.25) is 14.5 Å². The summed E-state index contributed by atoms with van der Waals surface area (Å²) < 4.78 is 29.0. The van der Waals surface area contributed by atoms with Gasteiger partial charge < -0.3 is 5.11 Å². The number of carboxylic acids is 1. The van der Waals surface area contributed by atoms with Gasteiger partial charge in [0, 0.05) is 24.1 Å². The molecule has 1 unspecified atom stereocenters. The lowest BCUT2D eigenvalue weighted by molar-refractivity contribution is -0.140. The van der Waals surface area contributed by atoms with Crippen LogP contribution in [0.15, 0.2) is 78.2 Å². The second kappa shape index (κ2) is 10.6. The van der Waals surface area contributed by atoms with E-state index in [0.717, 1.165) is 23.0 Å². The van der Waals surface area contributed by atoms with E-state index in [4.69, 9.17) is 0 Å². The predicted molar refractivity (Wildman–Crippen MR) is 132 cm³/mol. The molecule has 0 spiro atoms. The summed E-state index contributed by atoms with van der Waals surface area (Å²) >= 11 is 1.13. The number of aromatic nitrogens is 1. The number of rotatable bonds is 8. The molecular weight excluding hydrogens is 470 g/mol. The van der Waals surface area contributed by atoms with Gasteiger partial charge in [-0.2, -0.15) is 0 Å². The average molecular weight is 493 g/mol. The summed E-state index contributed by atoms with van der Waals surface area (Å²) in [5, 5.41) is 11.2. The molecular formula is C27H22F2N2O3S. The molecule has 1 amide bonds. The number of carbonyl (C=O) groups is 2. The lowest BCUT2D eigenvalue weighted by atomic mass is 9.95. The highest BCUT2D eigenvalue weighted by Crippen LogP contribution is 2.37. The first-order valence-electron chi connectivity index (χ1n) is 10.9. The van der Waals surface area contributed by atoms with Crippen LogP contribution in [0, 0.1) is 17.6 Å². The second-order valence-corrected chi connectivity index (χ2v) is 8.91. The Balaban J connectivity index is 1.65. The van der Waals surface area contributed by atoms with Gasteiger partial charge in [-0.15, -0.1) is 11.3 Å². The van der Waals surface area contributed by atoms with Crippen molar-refractivity contribution < 1.29 is 23.5 Å². The van der Waals surface area contributed by atoms with E-state index in [1.165, 1.54) is 18.0 Å². The molecule has 0 bridgehead atoms. The van der Waals surface area contributed by atoms with Gasteiger partial charge in [0.2, 0.25) is 5.91 Å². The summed E-state index contributed by atoms with van der Waals surface area (Å²) in [5.74, 6) is -3.74. The number of anilines is 1. The third-order valence-electron chi connectivity index (χ3n) is 5.60. The zero-order valence-electron chi connectivity index (χ0n) is 18.8. The Labute approximate surface area is 205 Å². The van der Waals surface area contributed by atoms with E-state index in [-0.39, 0.29) is 29.2 Å². The molecule has 0 aliphatic carbocycles. The minimum Gasteiger partial charge on any atom is -0.481 e. The summed E-state index contributed by atoms with van der Waals surface area (Å²) in [5.41, 5.74) is 2.22. The summed E-state index contributed by atoms with van der Waals surface area (Å²) in [6.07, 6.45) is -0.0691. The average Bonchev–Trinajstić information content (AvgIpc) is 3.33. The van der Waals surface area contributed by atoms with Gasteiger partial charge in [0.1, 0.15) is 11.6 Å². The van der Waals surface area contributed by atoms with Crippen LogP contribution < -0.4 is 4.90 Å². The Kier molecular flexibility index (Phi) is 7.31. The monoisotopic (exact) mass is 492 g/mol. The summed E-state index contributed by atoms with van der Waals surface area (Å²) in [4.78, 5) is 30.4. The maximum Gasteiger partial charge on any atom is 0.304 e. The van der Waals surface area contributed by atoms with Crippen molar-refractivity contribution in [3.8, 4) is 22.4 Å². The third kappa shape index (κ3) is 5.60. The van der Waals surface area contributed by atoms with Gasteiger partial charge in [-0.05, 0) is 29.2 Å². The number of carboxylic acid groups (broad SMARTS) is 1. The fourth-order valence-corrected chi connectivity index (χ4v) is 4.72. The van der Waals surface area contributed by atoms with Gasteiger partial charge >= 0.3 is 5.97 Å². The first-order chi connectivity index (χ1) is 16.8. The van der Waals surface area contributed by atoms with Crippen molar-refractivity contribution in [2.24, 2.45) is 5.92 Å². The smallest absolute Gasteiger partial charge is 0.304 e. The zero-order valence-corrected chi connectivity index (χ0v) is 19.6. The molecule has 0 fully saturated rings. The largest absolute Gasteiger partial charge is 0.481 e. The predicted octanol–water partition coefficient (Wildman–Crippen LogP) is 6.05. The number of hydrogen-bond donors (Lipinski definition) is 1. The number of thiazole rings is 1. The molecule has 0 saturated heterocycles. The first kappa shape index (κ1) is 24.2. The number of benzene rings is 3.